The number of anilines is 1. The number of aryl methyl sites for hydroxylation is 1. The smallest absolute Gasteiger partial charge is 0.260 e. The molecule has 1 aliphatic heterocycles. The molecule has 0 radical (unpaired) electrons. The van der Waals surface area contributed by atoms with E-state index in [1.54, 1.807) is 0 Å². The molecule has 1 amide bonds. The Labute approximate surface area is 137 Å². The summed E-state index contributed by atoms with van der Waals surface area (Å²) in [6, 6.07) is 18.1. The maximum Gasteiger partial charge on any atom is 0.260 e. The molecule has 0 saturated carbocycles. The lowest BCUT2D eigenvalue weighted by Crippen LogP contribution is -2.50. The number of ether oxygens (including phenoxy) is 1. The standard InChI is InChI=1S/C19H22N2O2/c1-16-7-5-6-10-18(16)23-15-19(22)21-13-11-20(12-14-21)17-8-3-2-4-9-17/h2-10H,11-15H2,1H3. The van der Waals surface area contributed by atoms with E-state index in [-0.39, 0.29) is 12.5 Å². The summed E-state index contributed by atoms with van der Waals surface area (Å²) in [5.41, 5.74) is 2.27. The van der Waals surface area contributed by atoms with Crippen molar-refractivity contribution in [1.82, 2.24) is 4.90 Å². The molecule has 0 atom stereocenters. The molecule has 4 nitrogen and oxygen atoms in total. The maximum atomic E-state index is 12.3. The van der Waals surface area contributed by atoms with E-state index >= 15 is 0 Å². The number of carbonyl (C=O) groups excluding carboxylic acids is 1. The van der Waals surface area contributed by atoms with Crippen LogP contribution in [-0.4, -0.2) is 43.6 Å². The van der Waals surface area contributed by atoms with Crippen LogP contribution in [0.5, 0.6) is 5.75 Å². The molecule has 4 heteroatoms. The quantitative estimate of drug-likeness (QED) is 0.870. The predicted molar refractivity (Wildman–Crippen MR) is 91.9 cm³/mol. The average Bonchev–Trinajstić information content (AvgIpc) is 2.62. The highest BCUT2D eigenvalue weighted by Crippen LogP contribution is 2.17. The number of hydrogen-bond donors (Lipinski definition) is 0. The van der Waals surface area contributed by atoms with Crippen LogP contribution in [0, 0.1) is 6.92 Å². The van der Waals surface area contributed by atoms with Gasteiger partial charge in [-0.05, 0) is 30.7 Å². The molecule has 0 aromatic heterocycles. The normalized spacial score (nSPS) is 14.7. The largest absolute Gasteiger partial charge is 0.484 e. The zero-order valence-electron chi connectivity index (χ0n) is 13.4. The van der Waals surface area contributed by atoms with Gasteiger partial charge in [-0.25, -0.2) is 0 Å². The molecule has 0 N–H and O–H groups in total. The fourth-order valence-corrected chi connectivity index (χ4v) is 2.80. The number of hydrogen-bond acceptors (Lipinski definition) is 3. The van der Waals surface area contributed by atoms with Crippen LogP contribution >= 0.6 is 0 Å². The summed E-state index contributed by atoms with van der Waals surface area (Å²) in [4.78, 5) is 16.5. The first-order chi connectivity index (χ1) is 11.2. The van der Waals surface area contributed by atoms with Gasteiger partial charge in [-0.3, -0.25) is 4.79 Å². The highest BCUT2D eigenvalue weighted by Gasteiger charge is 2.21. The zero-order valence-corrected chi connectivity index (χ0v) is 13.4. The molecule has 23 heavy (non-hydrogen) atoms. The summed E-state index contributed by atoms with van der Waals surface area (Å²) in [7, 11) is 0. The SMILES string of the molecule is Cc1ccccc1OCC(=O)N1CCN(c2ccccc2)CC1. The van der Waals surface area contributed by atoms with Gasteiger partial charge in [0.05, 0.1) is 0 Å². The van der Waals surface area contributed by atoms with Crippen molar-refractivity contribution in [3.63, 3.8) is 0 Å². The zero-order chi connectivity index (χ0) is 16.1. The van der Waals surface area contributed by atoms with Gasteiger partial charge in [-0.15, -0.1) is 0 Å². The van der Waals surface area contributed by atoms with Crippen LogP contribution in [-0.2, 0) is 4.79 Å². The lowest BCUT2D eigenvalue weighted by molar-refractivity contribution is -0.133. The summed E-state index contributed by atoms with van der Waals surface area (Å²) < 4.78 is 5.66. The van der Waals surface area contributed by atoms with Crippen LogP contribution in [0.1, 0.15) is 5.56 Å². The van der Waals surface area contributed by atoms with Gasteiger partial charge >= 0.3 is 0 Å². The maximum absolute atomic E-state index is 12.3. The Morgan fingerprint density at radius 1 is 0.957 bits per heavy atom. The number of para-hydroxylation sites is 2. The Morgan fingerprint density at radius 3 is 2.30 bits per heavy atom. The van der Waals surface area contributed by atoms with E-state index in [1.807, 2.05) is 54.3 Å². The summed E-state index contributed by atoms with van der Waals surface area (Å²) in [6.07, 6.45) is 0. The number of rotatable bonds is 4. The third-order valence-electron chi connectivity index (χ3n) is 4.20. The van der Waals surface area contributed by atoms with E-state index in [2.05, 4.69) is 17.0 Å². The third kappa shape index (κ3) is 3.83. The van der Waals surface area contributed by atoms with E-state index < -0.39 is 0 Å². The molecule has 0 aliphatic carbocycles. The van der Waals surface area contributed by atoms with Crippen molar-refractivity contribution >= 4 is 11.6 Å². The van der Waals surface area contributed by atoms with Crippen LogP contribution in [0.2, 0.25) is 0 Å². The molecule has 1 aliphatic rings. The highest BCUT2D eigenvalue weighted by atomic mass is 16.5. The second-order valence-electron chi connectivity index (χ2n) is 5.76. The van der Waals surface area contributed by atoms with E-state index in [0.717, 1.165) is 37.5 Å². The van der Waals surface area contributed by atoms with Gasteiger partial charge in [-0.2, -0.15) is 0 Å². The summed E-state index contributed by atoms with van der Waals surface area (Å²) in [6.45, 7) is 5.30. The van der Waals surface area contributed by atoms with Crippen molar-refractivity contribution in [2.24, 2.45) is 0 Å². The molecule has 0 unspecified atom stereocenters. The second-order valence-corrected chi connectivity index (χ2v) is 5.76. The molecule has 0 spiro atoms. The molecular formula is C19H22N2O2. The first-order valence-corrected chi connectivity index (χ1v) is 8.00. The third-order valence-corrected chi connectivity index (χ3v) is 4.20. The Bertz CT molecular complexity index is 649. The van der Waals surface area contributed by atoms with Gasteiger partial charge in [-0.1, -0.05) is 36.4 Å². The lowest BCUT2D eigenvalue weighted by Gasteiger charge is -2.36. The summed E-state index contributed by atoms with van der Waals surface area (Å²) in [5.74, 6) is 0.838. The molecular weight excluding hydrogens is 288 g/mol. The van der Waals surface area contributed by atoms with Crippen molar-refractivity contribution in [1.29, 1.82) is 0 Å². The van der Waals surface area contributed by atoms with Crippen molar-refractivity contribution in [3.8, 4) is 5.75 Å². The monoisotopic (exact) mass is 310 g/mol. The second kappa shape index (κ2) is 7.18. The first-order valence-electron chi connectivity index (χ1n) is 8.00. The first kappa shape index (κ1) is 15.4. The van der Waals surface area contributed by atoms with Crippen LogP contribution < -0.4 is 9.64 Å². The minimum atomic E-state index is 0.0564. The molecule has 0 bridgehead atoms. The molecule has 1 fully saturated rings. The van der Waals surface area contributed by atoms with Crippen molar-refractivity contribution in [2.75, 3.05) is 37.7 Å². The van der Waals surface area contributed by atoms with E-state index in [4.69, 9.17) is 4.74 Å². The Balaban J connectivity index is 1.50. The van der Waals surface area contributed by atoms with Crippen molar-refractivity contribution in [3.05, 3.63) is 60.2 Å². The molecule has 120 valence electrons. The highest BCUT2D eigenvalue weighted by molar-refractivity contribution is 5.78. The van der Waals surface area contributed by atoms with Gasteiger partial charge in [0.1, 0.15) is 5.75 Å². The number of benzene rings is 2. The molecule has 1 saturated heterocycles. The average molecular weight is 310 g/mol. The van der Waals surface area contributed by atoms with Crippen molar-refractivity contribution in [2.45, 2.75) is 6.92 Å². The predicted octanol–water partition coefficient (Wildman–Crippen LogP) is 2.72. The van der Waals surface area contributed by atoms with E-state index in [0.29, 0.717) is 0 Å². The fraction of sp³-hybridized carbons (Fsp3) is 0.316. The fourth-order valence-electron chi connectivity index (χ4n) is 2.80. The number of piperazine rings is 1. The van der Waals surface area contributed by atoms with Crippen LogP contribution in [0.15, 0.2) is 54.6 Å². The molecule has 3 rings (SSSR count). The minimum absolute atomic E-state index is 0.0564. The van der Waals surface area contributed by atoms with Crippen LogP contribution in [0.25, 0.3) is 0 Å². The van der Waals surface area contributed by atoms with E-state index in [9.17, 15) is 4.79 Å². The van der Waals surface area contributed by atoms with Crippen molar-refractivity contribution < 1.29 is 9.53 Å². The Morgan fingerprint density at radius 2 is 1.61 bits per heavy atom. The van der Waals surface area contributed by atoms with Gasteiger partial charge in [0.25, 0.3) is 5.91 Å². The van der Waals surface area contributed by atoms with Gasteiger partial charge in [0.15, 0.2) is 6.61 Å². The van der Waals surface area contributed by atoms with Crippen LogP contribution in [0.4, 0.5) is 5.69 Å². The molecule has 2 aromatic rings. The van der Waals surface area contributed by atoms with Gasteiger partial charge in [0.2, 0.25) is 0 Å². The Hall–Kier alpha value is -2.49. The summed E-state index contributed by atoms with van der Waals surface area (Å²) in [5, 5.41) is 0. The van der Waals surface area contributed by atoms with Gasteiger partial charge in [0, 0.05) is 31.9 Å². The van der Waals surface area contributed by atoms with Gasteiger partial charge < -0.3 is 14.5 Å². The number of nitrogens with zero attached hydrogens (tertiary/aromatic N) is 2. The number of amides is 1. The summed E-state index contributed by atoms with van der Waals surface area (Å²) >= 11 is 0. The molecule has 1 heterocycles. The minimum Gasteiger partial charge on any atom is -0.484 e. The molecule has 2 aromatic carbocycles. The Kier molecular flexibility index (Phi) is 4.81. The van der Waals surface area contributed by atoms with E-state index in [1.165, 1.54) is 5.69 Å². The number of carbonyl (C=O) groups is 1. The van der Waals surface area contributed by atoms with Crippen LogP contribution in [0.3, 0.4) is 0 Å². The lowest BCUT2D eigenvalue weighted by atomic mass is 10.2. The topological polar surface area (TPSA) is 32.8 Å².